The molecule has 0 atom stereocenters. The number of halogens is 4. The van der Waals surface area contributed by atoms with Crippen molar-refractivity contribution in [3.05, 3.63) is 28.5 Å². The van der Waals surface area contributed by atoms with E-state index in [1.54, 1.807) is 0 Å². The fourth-order valence-corrected chi connectivity index (χ4v) is 1.86. The van der Waals surface area contributed by atoms with E-state index in [4.69, 9.17) is 11.6 Å². The van der Waals surface area contributed by atoms with E-state index in [2.05, 4.69) is 4.98 Å². The zero-order valence-corrected chi connectivity index (χ0v) is 8.78. The number of nitrogens with zero attached hydrogens (tertiary/aromatic N) is 1. The quantitative estimate of drug-likeness (QED) is 0.721. The number of pyridine rings is 1. The van der Waals surface area contributed by atoms with Gasteiger partial charge in [-0.2, -0.15) is 13.2 Å². The third kappa shape index (κ3) is 1.95. The van der Waals surface area contributed by atoms with Crippen molar-refractivity contribution >= 4 is 11.6 Å². The first kappa shape index (κ1) is 10.7. The summed E-state index contributed by atoms with van der Waals surface area (Å²) in [5, 5.41) is 0.116. The minimum Gasteiger partial charge on any atom is -0.259 e. The molecule has 1 aliphatic rings. The Morgan fingerprint density at radius 2 is 2.00 bits per heavy atom. The molecule has 0 aromatic carbocycles. The molecule has 0 unspecified atom stereocenters. The Bertz CT molecular complexity index is 396. The van der Waals surface area contributed by atoms with Crippen LogP contribution in [0.15, 0.2) is 12.3 Å². The first-order valence-corrected chi connectivity index (χ1v) is 4.94. The summed E-state index contributed by atoms with van der Waals surface area (Å²) >= 11 is 5.80. The van der Waals surface area contributed by atoms with E-state index in [0.717, 1.165) is 25.1 Å². The monoisotopic (exact) mass is 235 g/mol. The lowest BCUT2D eigenvalue weighted by Gasteiger charge is -2.12. The lowest BCUT2D eigenvalue weighted by molar-refractivity contribution is -0.137. The van der Waals surface area contributed by atoms with Crippen LogP contribution in [-0.2, 0) is 11.6 Å². The van der Waals surface area contributed by atoms with Crippen molar-refractivity contribution < 1.29 is 13.2 Å². The molecule has 0 bridgehead atoms. The molecule has 82 valence electrons. The van der Waals surface area contributed by atoms with Crippen molar-refractivity contribution in [2.45, 2.75) is 31.4 Å². The molecule has 0 saturated heterocycles. The molecule has 2 rings (SSSR count). The zero-order chi connectivity index (χ0) is 11.3. The third-order valence-corrected chi connectivity index (χ3v) is 3.03. The van der Waals surface area contributed by atoms with Gasteiger partial charge in [0.15, 0.2) is 0 Å². The maximum atomic E-state index is 12.3. The Morgan fingerprint density at radius 3 is 2.40 bits per heavy atom. The van der Waals surface area contributed by atoms with Gasteiger partial charge in [0.25, 0.3) is 0 Å². The lowest BCUT2D eigenvalue weighted by atomic mass is 10.0. The van der Waals surface area contributed by atoms with Crippen molar-refractivity contribution in [1.82, 2.24) is 4.98 Å². The first-order valence-electron chi connectivity index (χ1n) is 4.56. The predicted octanol–water partition coefficient (Wildman–Crippen LogP) is 3.81. The van der Waals surface area contributed by atoms with Gasteiger partial charge < -0.3 is 0 Å². The highest BCUT2D eigenvalue weighted by Crippen LogP contribution is 2.49. The molecule has 1 heterocycles. The molecule has 1 aromatic rings. The van der Waals surface area contributed by atoms with Gasteiger partial charge >= 0.3 is 6.18 Å². The van der Waals surface area contributed by atoms with E-state index in [9.17, 15) is 13.2 Å². The van der Waals surface area contributed by atoms with E-state index < -0.39 is 11.7 Å². The topological polar surface area (TPSA) is 12.9 Å². The molecule has 0 radical (unpaired) electrons. The maximum Gasteiger partial charge on any atom is 0.417 e. The summed E-state index contributed by atoms with van der Waals surface area (Å²) in [5.41, 5.74) is -0.320. The third-order valence-electron chi connectivity index (χ3n) is 2.74. The lowest BCUT2D eigenvalue weighted by Crippen LogP contribution is -2.10. The van der Waals surface area contributed by atoms with E-state index in [1.807, 2.05) is 6.92 Å². The summed E-state index contributed by atoms with van der Waals surface area (Å²) in [7, 11) is 0. The van der Waals surface area contributed by atoms with Crippen LogP contribution in [0.3, 0.4) is 0 Å². The molecule has 1 saturated carbocycles. The molecule has 0 aliphatic heterocycles. The van der Waals surface area contributed by atoms with Gasteiger partial charge in [-0.05, 0) is 18.9 Å². The van der Waals surface area contributed by atoms with E-state index in [1.165, 1.54) is 0 Å². The zero-order valence-electron chi connectivity index (χ0n) is 8.03. The van der Waals surface area contributed by atoms with Crippen LogP contribution in [0.2, 0.25) is 5.02 Å². The van der Waals surface area contributed by atoms with Crippen molar-refractivity contribution in [2.75, 3.05) is 0 Å². The van der Waals surface area contributed by atoms with Crippen LogP contribution in [0.4, 0.5) is 13.2 Å². The molecule has 0 spiro atoms. The summed E-state index contributed by atoms with van der Waals surface area (Å²) in [6, 6.07) is 0.952. The van der Waals surface area contributed by atoms with Gasteiger partial charge in [0.05, 0.1) is 16.3 Å². The van der Waals surface area contributed by atoms with Crippen LogP contribution >= 0.6 is 11.6 Å². The van der Waals surface area contributed by atoms with Crippen LogP contribution in [0.5, 0.6) is 0 Å². The standard InChI is InChI=1S/C10H9ClF3N/c1-9(2-3-9)8-7(11)4-6(5-15-8)10(12,13)14/h4-5H,2-3H2,1H3. The molecule has 15 heavy (non-hydrogen) atoms. The van der Waals surface area contributed by atoms with E-state index >= 15 is 0 Å². The summed E-state index contributed by atoms with van der Waals surface area (Å²) in [4.78, 5) is 3.83. The number of rotatable bonds is 1. The fourth-order valence-electron chi connectivity index (χ4n) is 1.46. The molecule has 0 N–H and O–H groups in total. The van der Waals surface area contributed by atoms with Crippen molar-refractivity contribution in [3.8, 4) is 0 Å². The van der Waals surface area contributed by atoms with Crippen LogP contribution in [0.25, 0.3) is 0 Å². The SMILES string of the molecule is CC1(c2ncc(C(F)(F)F)cc2Cl)CC1. The molecule has 1 nitrogen and oxygen atoms in total. The summed E-state index contributed by atoms with van der Waals surface area (Å²) in [5.74, 6) is 0. The Morgan fingerprint density at radius 1 is 1.40 bits per heavy atom. The number of alkyl halides is 3. The predicted molar refractivity (Wildman–Crippen MR) is 50.8 cm³/mol. The first-order chi connectivity index (χ1) is 6.83. The highest BCUT2D eigenvalue weighted by Gasteiger charge is 2.43. The van der Waals surface area contributed by atoms with Gasteiger partial charge in [-0.3, -0.25) is 4.98 Å². The van der Waals surface area contributed by atoms with Gasteiger partial charge in [-0.1, -0.05) is 18.5 Å². The second kappa shape index (κ2) is 3.11. The maximum absolute atomic E-state index is 12.3. The van der Waals surface area contributed by atoms with Crippen LogP contribution in [-0.4, -0.2) is 4.98 Å². The van der Waals surface area contributed by atoms with Crippen molar-refractivity contribution in [1.29, 1.82) is 0 Å². The highest BCUT2D eigenvalue weighted by molar-refractivity contribution is 6.31. The Labute approximate surface area is 90.3 Å². The van der Waals surface area contributed by atoms with Crippen LogP contribution in [0, 0.1) is 0 Å². The van der Waals surface area contributed by atoms with E-state index in [0.29, 0.717) is 5.69 Å². The molecule has 1 aliphatic carbocycles. The minimum atomic E-state index is -4.38. The van der Waals surface area contributed by atoms with Gasteiger partial charge in [-0.25, -0.2) is 0 Å². The summed E-state index contributed by atoms with van der Waals surface area (Å²) in [6.45, 7) is 1.95. The number of hydrogen-bond donors (Lipinski definition) is 0. The Balaban J connectivity index is 2.40. The average molecular weight is 236 g/mol. The molecule has 0 amide bonds. The van der Waals surface area contributed by atoms with Gasteiger partial charge in [-0.15, -0.1) is 0 Å². The van der Waals surface area contributed by atoms with Crippen molar-refractivity contribution in [3.63, 3.8) is 0 Å². The Kier molecular flexibility index (Phi) is 2.23. The normalized spacial score (nSPS) is 19.0. The summed E-state index contributed by atoms with van der Waals surface area (Å²) in [6.07, 6.45) is -1.65. The summed E-state index contributed by atoms with van der Waals surface area (Å²) < 4.78 is 36.9. The highest BCUT2D eigenvalue weighted by atomic mass is 35.5. The van der Waals surface area contributed by atoms with Crippen LogP contribution < -0.4 is 0 Å². The largest absolute Gasteiger partial charge is 0.417 e. The van der Waals surface area contributed by atoms with Crippen LogP contribution in [0.1, 0.15) is 31.0 Å². The molecule has 1 fully saturated rings. The average Bonchev–Trinajstić information content (AvgIpc) is 2.82. The molecule has 1 aromatic heterocycles. The Hall–Kier alpha value is -0.770. The molecule has 5 heteroatoms. The van der Waals surface area contributed by atoms with Gasteiger partial charge in [0.1, 0.15) is 0 Å². The molecular formula is C10H9ClF3N. The van der Waals surface area contributed by atoms with E-state index in [-0.39, 0.29) is 10.4 Å². The minimum absolute atomic E-state index is 0.110. The smallest absolute Gasteiger partial charge is 0.259 e. The fraction of sp³-hybridized carbons (Fsp3) is 0.500. The van der Waals surface area contributed by atoms with Crippen molar-refractivity contribution in [2.24, 2.45) is 0 Å². The second-order valence-corrected chi connectivity index (χ2v) is 4.52. The second-order valence-electron chi connectivity index (χ2n) is 4.11. The molecular weight excluding hydrogens is 227 g/mol. The number of hydrogen-bond acceptors (Lipinski definition) is 1. The van der Waals surface area contributed by atoms with Gasteiger partial charge in [0, 0.05) is 11.6 Å². The van der Waals surface area contributed by atoms with Gasteiger partial charge in [0.2, 0.25) is 0 Å². The number of aromatic nitrogens is 1.